The molecule has 0 aliphatic rings. The Bertz CT molecular complexity index is 230. The van der Waals surface area contributed by atoms with E-state index in [1.54, 1.807) is 20.8 Å². The lowest BCUT2D eigenvalue weighted by Gasteiger charge is -2.21. The number of hydrogen-bond donors (Lipinski definition) is 2. The highest BCUT2D eigenvalue weighted by Crippen LogP contribution is 2.21. The summed E-state index contributed by atoms with van der Waals surface area (Å²) >= 11 is 3.11. The molecule has 0 heterocycles. The van der Waals surface area contributed by atoms with Gasteiger partial charge in [0.2, 0.25) is 5.91 Å². The molecule has 0 aliphatic heterocycles. The van der Waals surface area contributed by atoms with Crippen molar-refractivity contribution >= 4 is 27.8 Å². The van der Waals surface area contributed by atoms with Gasteiger partial charge in [0.25, 0.3) is 0 Å². The van der Waals surface area contributed by atoms with Crippen LogP contribution in [0.2, 0.25) is 0 Å². The van der Waals surface area contributed by atoms with Gasteiger partial charge in [0.15, 0.2) is 0 Å². The molecule has 1 atom stereocenters. The van der Waals surface area contributed by atoms with Gasteiger partial charge in [-0.2, -0.15) is 0 Å². The van der Waals surface area contributed by atoms with Crippen LogP contribution in [0, 0.1) is 5.92 Å². The fourth-order valence-electron chi connectivity index (χ4n) is 0.783. The molecule has 0 fully saturated rings. The van der Waals surface area contributed by atoms with Crippen molar-refractivity contribution in [2.24, 2.45) is 5.92 Å². The zero-order valence-corrected chi connectivity index (χ0v) is 10.2. The van der Waals surface area contributed by atoms with Crippen LogP contribution in [0.3, 0.4) is 0 Å². The number of carboxylic acid groups (broad SMARTS) is 1. The summed E-state index contributed by atoms with van der Waals surface area (Å²) < 4.78 is -1.04. The lowest BCUT2D eigenvalue weighted by Crippen LogP contribution is -2.44. The molecule has 0 saturated carbocycles. The van der Waals surface area contributed by atoms with E-state index in [2.05, 4.69) is 21.2 Å². The Morgan fingerprint density at radius 1 is 1.50 bits per heavy atom. The van der Waals surface area contributed by atoms with Gasteiger partial charge in [-0.25, -0.2) is 0 Å². The Kier molecular flexibility index (Phi) is 5.12. The molecule has 0 bridgehead atoms. The van der Waals surface area contributed by atoms with E-state index in [0.29, 0.717) is 6.42 Å². The molecular formula is C9H16BrNO3. The molecule has 0 saturated heterocycles. The molecule has 82 valence electrons. The molecule has 0 aliphatic carbocycles. The van der Waals surface area contributed by atoms with Crippen LogP contribution in [0.15, 0.2) is 0 Å². The van der Waals surface area contributed by atoms with Crippen LogP contribution >= 0.6 is 15.9 Å². The van der Waals surface area contributed by atoms with Crippen molar-refractivity contribution in [3.63, 3.8) is 0 Å². The van der Waals surface area contributed by atoms with Crippen molar-refractivity contribution in [3.8, 4) is 0 Å². The fraction of sp³-hybridized carbons (Fsp3) is 0.778. The number of halogens is 1. The van der Waals surface area contributed by atoms with E-state index in [4.69, 9.17) is 5.11 Å². The van der Waals surface area contributed by atoms with Gasteiger partial charge in [-0.05, 0) is 6.42 Å². The van der Waals surface area contributed by atoms with Crippen LogP contribution in [0.1, 0.15) is 27.2 Å². The zero-order chi connectivity index (χ0) is 11.4. The minimum absolute atomic E-state index is 0.107. The highest BCUT2D eigenvalue weighted by molar-refractivity contribution is 9.10. The van der Waals surface area contributed by atoms with Crippen LogP contribution in [0.25, 0.3) is 0 Å². The maximum absolute atomic E-state index is 11.2. The second-order valence-corrected chi connectivity index (χ2v) is 5.01. The van der Waals surface area contributed by atoms with Crippen LogP contribution < -0.4 is 5.32 Å². The summed E-state index contributed by atoms with van der Waals surface area (Å²) in [6.07, 6.45) is 0.417. The van der Waals surface area contributed by atoms with Crippen molar-refractivity contribution in [2.45, 2.75) is 31.5 Å². The Hall–Kier alpha value is -0.580. The molecule has 1 unspecified atom stereocenters. The highest BCUT2D eigenvalue weighted by Gasteiger charge is 2.33. The van der Waals surface area contributed by atoms with Gasteiger partial charge in [0, 0.05) is 12.5 Å². The predicted octanol–water partition coefficient (Wildman–Crippen LogP) is 1.39. The van der Waals surface area contributed by atoms with Gasteiger partial charge < -0.3 is 10.4 Å². The average Bonchev–Trinajstić information content (AvgIpc) is 2.12. The second kappa shape index (κ2) is 5.34. The van der Waals surface area contributed by atoms with Crippen LogP contribution in [-0.2, 0) is 9.59 Å². The van der Waals surface area contributed by atoms with Gasteiger partial charge >= 0.3 is 5.97 Å². The lowest BCUT2D eigenvalue weighted by atomic mass is 10.1. The topological polar surface area (TPSA) is 66.4 Å². The Balaban J connectivity index is 4.22. The third-order valence-electron chi connectivity index (χ3n) is 2.01. The van der Waals surface area contributed by atoms with Gasteiger partial charge in [-0.1, -0.05) is 36.7 Å². The van der Waals surface area contributed by atoms with E-state index < -0.39 is 10.3 Å². The number of carbonyl (C=O) groups excluding carboxylic acids is 1. The standard InChI is InChI=1S/C9H16BrNO3/c1-4-9(10,8(13)14)5-11-7(12)6(2)3/h6H,4-5H2,1-3H3,(H,11,12)(H,13,14). The number of rotatable bonds is 5. The van der Waals surface area contributed by atoms with E-state index in [1.807, 2.05) is 0 Å². The molecular weight excluding hydrogens is 250 g/mol. The Morgan fingerprint density at radius 2 is 2.00 bits per heavy atom. The second-order valence-electron chi connectivity index (χ2n) is 3.50. The largest absolute Gasteiger partial charge is 0.480 e. The number of nitrogens with one attached hydrogen (secondary N) is 1. The summed E-state index contributed by atoms with van der Waals surface area (Å²) in [7, 11) is 0. The minimum atomic E-state index is -1.04. The molecule has 4 nitrogen and oxygen atoms in total. The molecule has 5 heteroatoms. The third-order valence-corrected chi connectivity index (χ3v) is 3.19. The number of aliphatic carboxylic acids is 1. The van der Waals surface area contributed by atoms with Gasteiger partial charge in [0.1, 0.15) is 4.32 Å². The first-order valence-corrected chi connectivity index (χ1v) is 5.32. The molecule has 1 amide bonds. The quantitative estimate of drug-likeness (QED) is 0.739. The summed E-state index contributed by atoms with van der Waals surface area (Å²) in [5.41, 5.74) is 0. The number of amides is 1. The molecule has 0 spiro atoms. The Morgan fingerprint density at radius 3 is 2.29 bits per heavy atom. The van der Waals surface area contributed by atoms with E-state index >= 15 is 0 Å². The molecule has 0 radical (unpaired) electrons. The number of alkyl halides is 1. The molecule has 2 N–H and O–H groups in total. The van der Waals surface area contributed by atoms with E-state index in [1.165, 1.54) is 0 Å². The first-order valence-electron chi connectivity index (χ1n) is 4.53. The summed E-state index contributed by atoms with van der Waals surface area (Å²) in [5.74, 6) is -1.22. The van der Waals surface area contributed by atoms with Crippen molar-refractivity contribution in [1.82, 2.24) is 5.32 Å². The van der Waals surface area contributed by atoms with Gasteiger partial charge in [0.05, 0.1) is 0 Å². The van der Waals surface area contributed by atoms with Gasteiger partial charge in [-0.15, -0.1) is 0 Å². The minimum Gasteiger partial charge on any atom is -0.480 e. The normalized spacial score (nSPS) is 14.9. The predicted molar refractivity (Wildman–Crippen MR) is 57.4 cm³/mol. The molecule has 0 aromatic heterocycles. The monoisotopic (exact) mass is 265 g/mol. The smallest absolute Gasteiger partial charge is 0.322 e. The zero-order valence-electron chi connectivity index (χ0n) is 8.63. The summed E-state index contributed by atoms with van der Waals surface area (Å²) in [6, 6.07) is 0. The Labute approximate surface area is 92.2 Å². The lowest BCUT2D eigenvalue weighted by molar-refractivity contribution is -0.139. The van der Waals surface area contributed by atoms with E-state index in [0.717, 1.165) is 0 Å². The average molecular weight is 266 g/mol. The van der Waals surface area contributed by atoms with Crippen LogP contribution in [0.4, 0.5) is 0 Å². The summed E-state index contributed by atoms with van der Waals surface area (Å²) in [5, 5.41) is 11.5. The molecule has 14 heavy (non-hydrogen) atoms. The van der Waals surface area contributed by atoms with E-state index in [9.17, 15) is 9.59 Å². The van der Waals surface area contributed by atoms with Crippen LogP contribution in [0.5, 0.6) is 0 Å². The number of carbonyl (C=O) groups is 2. The van der Waals surface area contributed by atoms with Crippen molar-refractivity contribution in [3.05, 3.63) is 0 Å². The number of carboxylic acids is 1. The summed E-state index contributed by atoms with van der Waals surface area (Å²) in [6.45, 7) is 5.39. The van der Waals surface area contributed by atoms with Crippen LogP contribution in [-0.4, -0.2) is 27.9 Å². The molecule has 0 rings (SSSR count). The van der Waals surface area contributed by atoms with Gasteiger partial charge in [-0.3, -0.25) is 9.59 Å². The third kappa shape index (κ3) is 3.65. The first-order chi connectivity index (χ1) is 6.33. The molecule has 0 aromatic carbocycles. The molecule has 0 aromatic rings. The fourth-order valence-corrected chi connectivity index (χ4v) is 0.923. The maximum atomic E-state index is 11.2. The van der Waals surface area contributed by atoms with Crippen molar-refractivity contribution in [1.29, 1.82) is 0 Å². The highest BCUT2D eigenvalue weighted by atomic mass is 79.9. The first kappa shape index (κ1) is 13.4. The summed E-state index contributed by atoms with van der Waals surface area (Å²) in [4.78, 5) is 22.0. The number of hydrogen-bond acceptors (Lipinski definition) is 2. The maximum Gasteiger partial charge on any atom is 0.322 e. The van der Waals surface area contributed by atoms with Crippen molar-refractivity contribution in [2.75, 3.05) is 6.54 Å². The van der Waals surface area contributed by atoms with E-state index in [-0.39, 0.29) is 18.4 Å². The van der Waals surface area contributed by atoms with Crippen molar-refractivity contribution < 1.29 is 14.7 Å². The SMILES string of the molecule is CCC(Br)(CNC(=O)C(C)C)C(=O)O.